The minimum absolute atomic E-state index is 0.165. The van der Waals surface area contributed by atoms with E-state index in [9.17, 15) is 4.79 Å². The number of rotatable bonds is 1. The zero-order valence-corrected chi connectivity index (χ0v) is 7.19. The molecule has 3 heteroatoms. The number of hydrogen-bond acceptors (Lipinski definition) is 2. The van der Waals surface area contributed by atoms with Gasteiger partial charge in [-0.15, -0.1) is 0 Å². The Morgan fingerprint density at radius 3 is 3.00 bits per heavy atom. The lowest BCUT2D eigenvalue weighted by molar-refractivity contribution is 0.0697. The summed E-state index contributed by atoms with van der Waals surface area (Å²) in [6.45, 7) is 1.99. The largest absolute Gasteiger partial charge is 0.478 e. The van der Waals surface area contributed by atoms with Gasteiger partial charge in [-0.2, -0.15) is 0 Å². The van der Waals surface area contributed by atoms with Gasteiger partial charge in [-0.05, 0) is 30.2 Å². The first-order chi connectivity index (χ1) is 6.18. The van der Waals surface area contributed by atoms with E-state index in [1.54, 1.807) is 18.3 Å². The Kier molecular flexibility index (Phi) is 1.65. The molecule has 0 fully saturated rings. The summed E-state index contributed by atoms with van der Waals surface area (Å²) in [6.07, 6.45) is 1.73. The lowest BCUT2D eigenvalue weighted by atomic mass is 10.0. The van der Waals surface area contributed by atoms with Crippen molar-refractivity contribution in [2.24, 2.45) is 4.99 Å². The fourth-order valence-corrected chi connectivity index (χ4v) is 1.47. The van der Waals surface area contributed by atoms with Crippen LogP contribution in [0.2, 0.25) is 0 Å². The van der Waals surface area contributed by atoms with Crippen LogP contribution in [-0.4, -0.2) is 17.3 Å². The number of aliphatic imine (C=N–C) groups is 1. The molecule has 1 aromatic rings. The van der Waals surface area contributed by atoms with Gasteiger partial charge in [0.1, 0.15) is 0 Å². The molecule has 2 rings (SSSR count). The maximum Gasteiger partial charge on any atom is 0.335 e. The van der Waals surface area contributed by atoms with Gasteiger partial charge in [-0.3, -0.25) is 4.99 Å². The molecule has 0 saturated heterocycles. The number of carboxylic acids is 1. The van der Waals surface area contributed by atoms with Crippen LogP contribution in [0.3, 0.4) is 0 Å². The second kappa shape index (κ2) is 2.69. The number of hydrogen-bond donors (Lipinski definition) is 1. The van der Waals surface area contributed by atoms with Crippen LogP contribution in [0.1, 0.15) is 34.5 Å². The summed E-state index contributed by atoms with van der Waals surface area (Å²) in [5.74, 6) is -0.893. The van der Waals surface area contributed by atoms with E-state index in [2.05, 4.69) is 4.99 Å². The van der Waals surface area contributed by atoms with E-state index in [4.69, 9.17) is 5.11 Å². The van der Waals surface area contributed by atoms with Crippen LogP contribution in [0.5, 0.6) is 0 Å². The second-order valence-corrected chi connectivity index (χ2v) is 3.10. The Labute approximate surface area is 75.7 Å². The van der Waals surface area contributed by atoms with Gasteiger partial charge in [0, 0.05) is 6.21 Å². The van der Waals surface area contributed by atoms with Crippen molar-refractivity contribution in [3.05, 3.63) is 34.9 Å². The molecule has 1 atom stereocenters. The predicted molar refractivity (Wildman–Crippen MR) is 49.4 cm³/mol. The predicted octanol–water partition coefficient (Wildman–Crippen LogP) is 1.88. The average molecular weight is 175 g/mol. The number of aromatic carboxylic acids is 1. The van der Waals surface area contributed by atoms with Crippen molar-refractivity contribution in [1.82, 2.24) is 0 Å². The van der Waals surface area contributed by atoms with Crippen LogP contribution >= 0.6 is 0 Å². The highest BCUT2D eigenvalue weighted by molar-refractivity contribution is 5.93. The SMILES string of the molecule is CC1N=Cc2cc(C(=O)O)ccc21. The summed E-state index contributed by atoms with van der Waals surface area (Å²) in [5, 5.41) is 8.74. The summed E-state index contributed by atoms with van der Waals surface area (Å²) in [4.78, 5) is 14.8. The van der Waals surface area contributed by atoms with E-state index in [0.29, 0.717) is 5.56 Å². The monoisotopic (exact) mass is 175 g/mol. The van der Waals surface area contributed by atoms with Gasteiger partial charge < -0.3 is 5.11 Å². The Morgan fingerprint density at radius 1 is 1.54 bits per heavy atom. The molecule has 1 unspecified atom stereocenters. The molecule has 1 aliphatic rings. The van der Waals surface area contributed by atoms with Crippen LogP contribution in [0.15, 0.2) is 23.2 Å². The van der Waals surface area contributed by atoms with Gasteiger partial charge in [0.05, 0.1) is 11.6 Å². The molecule has 0 spiro atoms. The fourth-order valence-electron chi connectivity index (χ4n) is 1.47. The quantitative estimate of drug-likeness (QED) is 0.708. The van der Waals surface area contributed by atoms with E-state index in [0.717, 1.165) is 11.1 Å². The molecule has 1 aromatic carbocycles. The van der Waals surface area contributed by atoms with Gasteiger partial charge in [0.15, 0.2) is 0 Å². The Hall–Kier alpha value is -1.64. The second-order valence-electron chi connectivity index (χ2n) is 3.10. The molecular weight excluding hydrogens is 166 g/mol. The summed E-state index contributed by atoms with van der Waals surface area (Å²) in [7, 11) is 0. The molecule has 0 aliphatic carbocycles. The number of fused-ring (bicyclic) bond motifs is 1. The van der Waals surface area contributed by atoms with Gasteiger partial charge in [-0.25, -0.2) is 4.79 Å². The van der Waals surface area contributed by atoms with Crippen molar-refractivity contribution >= 4 is 12.2 Å². The van der Waals surface area contributed by atoms with Crippen LogP contribution < -0.4 is 0 Å². The molecular formula is C10H9NO2. The molecule has 0 aromatic heterocycles. The highest BCUT2D eigenvalue weighted by atomic mass is 16.4. The normalized spacial score (nSPS) is 18.7. The van der Waals surface area contributed by atoms with Crippen LogP contribution in [0, 0.1) is 0 Å². The van der Waals surface area contributed by atoms with Crippen molar-refractivity contribution in [2.75, 3.05) is 0 Å². The third kappa shape index (κ3) is 1.22. The van der Waals surface area contributed by atoms with Gasteiger partial charge >= 0.3 is 5.97 Å². The van der Waals surface area contributed by atoms with Crippen LogP contribution in [0.25, 0.3) is 0 Å². The van der Waals surface area contributed by atoms with Crippen molar-refractivity contribution in [3.8, 4) is 0 Å². The lowest BCUT2D eigenvalue weighted by Crippen LogP contribution is -1.98. The molecule has 1 heterocycles. The maximum atomic E-state index is 10.6. The van der Waals surface area contributed by atoms with Gasteiger partial charge in [0.25, 0.3) is 0 Å². The fraction of sp³-hybridized carbons (Fsp3) is 0.200. The van der Waals surface area contributed by atoms with Crippen molar-refractivity contribution in [2.45, 2.75) is 13.0 Å². The molecule has 1 aliphatic heterocycles. The average Bonchev–Trinajstić information content (AvgIpc) is 2.47. The first kappa shape index (κ1) is 7.98. The van der Waals surface area contributed by atoms with Crippen molar-refractivity contribution in [1.29, 1.82) is 0 Å². The van der Waals surface area contributed by atoms with E-state index < -0.39 is 5.97 Å². The van der Waals surface area contributed by atoms with E-state index in [1.807, 2.05) is 13.0 Å². The number of carbonyl (C=O) groups is 1. The zero-order chi connectivity index (χ0) is 9.42. The van der Waals surface area contributed by atoms with Crippen molar-refractivity contribution in [3.63, 3.8) is 0 Å². The van der Waals surface area contributed by atoms with E-state index in [1.165, 1.54) is 0 Å². The third-order valence-corrected chi connectivity index (χ3v) is 2.22. The zero-order valence-electron chi connectivity index (χ0n) is 7.19. The maximum absolute atomic E-state index is 10.6. The number of benzene rings is 1. The van der Waals surface area contributed by atoms with Gasteiger partial charge in [0.2, 0.25) is 0 Å². The first-order valence-electron chi connectivity index (χ1n) is 4.09. The molecule has 3 nitrogen and oxygen atoms in total. The van der Waals surface area contributed by atoms with Crippen molar-refractivity contribution < 1.29 is 9.90 Å². The lowest BCUT2D eigenvalue weighted by Gasteiger charge is -2.02. The molecule has 0 amide bonds. The van der Waals surface area contributed by atoms with Crippen LogP contribution in [-0.2, 0) is 0 Å². The standard InChI is InChI=1S/C10H9NO2/c1-6-9-3-2-7(10(12)13)4-8(9)5-11-6/h2-6H,1H3,(H,12,13). The molecule has 0 radical (unpaired) electrons. The molecule has 1 N–H and O–H groups in total. The molecule has 13 heavy (non-hydrogen) atoms. The van der Waals surface area contributed by atoms with E-state index in [-0.39, 0.29) is 6.04 Å². The minimum atomic E-state index is -0.893. The van der Waals surface area contributed by atoms with Crippen LogP contribution in [0.4, 0.5) is 0 Å². The Bertz CT molecular complexity index is 396. The third-order valence-electron chi connectivity index (χ3n) is 2.22. The highest BCUT2D eigenvalue weighted by Crippen LogP contribution is 2.26. The smallest absolute Gasteiger partial charge is 0.335 e. The highest BCUT2D eigenvalue weighted by Gasteiger charge is 2.15. The molecule has 0 bridgehead atoms. The molecule has 0 saturated carbocycles. The topological polar surface area (TPSA) is 49.7 Å². The summed E-state index contributed by atoms with van der Waals surface area (Å²) < 4.78 is 0. The Balaban J connectivity index is 2.50. The summed E-state index contributed by atoms with van der Waals surface area (Å²) in [5.41, 5.74) is 2.34. The van der Waals surface area contributed by atoms with E-state index >= 15 is 0 Å². The first-order valence-corrected chi connectivity index (χ1v) is 4.09. The molecule has 66 valence electrons. The summed E-state index contributed by atoms with van der Waals surface area (Å²) >= 11 is 0. The van der Waals surface area contributed by atoms with Gasteiger partial charge in [-0.1, -0.05) is 6.07 Å². The number of nitrogens with zero attached hydrogens (tertiary/aromatic N) is 1. The summed E-state index contributed by atoms with van der Waals surface area (Å²) in [6, 6.07) is 5.27. The number of carboxylic acid groups (broad SMARTS) is 1. The minimum Gasteiger partial charge on any atom is -0.478 e. The Morgan fingerprint density at radius 2 is 2.31 bits per heavy atom.